The number of hydrogen-bond acceptors (Lipinski definition) is 2. The molecule has 0 unspecified atom stereocenters. The van der Waals surface area contributed by atoms with Gasteiger partial charge in [-0.1, -0.05) is 15.9 Å². The number of hydrogen-bond donors (Lipinski definition) is 1. The molecule has 0 saturated carbocycles. The van der Waals surface area contributed by atoms with Gasteiger partial charge < -0.3 is 5.73 Å². The summed E-state index contributed by atoms with van der Waals surface area (Å²) < 4.78 is 0. The van der Waals surface area contributed by atoms with Crippen molar-refractivity contribution in [3.63, 3.8) is 0 Å². The average Bonchev–Trinajstić information content (AvgIpc) is 1.83. The summed E-state index contributed by atoms with van der Waals surface area (Å²) in [4.78, 5) is 10.4. The number of ketones is 1. The monoisotopic (exact) mass is 179 g/mol. The Balaban J connectivity index is 2.99. The van der Waals surface area contributed by atoms with Crippen LogP contribution in [0.15, 0.2) is 0 Å². The van der Waals surface area contributed by atoms with Gasteiger partial charge >= 0.3 is 0 Å². The van der Waals surface area contributed by atoms with Gasteiger partial charge in [0.25, 0.3) is 0 Å². The largest absolute Gasteiger partial charge is 0.324 e. The molecule has 0 rings (SSSR count). The summed E-state index contributed by atoms with van der Waals surface area (Å²) in [6.07, 6.45) is 1.51. The Hall–Kier alpha value is 0.110. The molecule has 2 nitrogen and oxygen atoms in total. The van der Waals surface area contributed by atoms with Gasteiger partial charge in [-0.2, -0.15) is 0 Å². The molecule has 8 heavy (non-hydrogen) atoms. The molecule has 0 amide bonds. The van der Waals surface area contributed by atoms with Crippen molar-refractivity contribution in [2.45, 2.75) is 12.8 Å². The highest BCUT2D eigenvalue weighted by Crippen LogP contribution is 1.93. The average molecular weight is 180 g/mol. The van der Waals surface area contributed by atoms with Crippen LogP contribution in [-0.2, 0) is 4.79 Å². The van der Waals surface area contributed by atoms with E-state index in [4.69, 9.17) is 5.73 Å². The Kier molecular flexibility index (Phi) is 5.32. The lowest BCUT2D eigenvalue weighted by atomic mass is 10.2. The smallest absolute Gasteiger partial charge is 0.146 e. The Labute approximate surface area is 57.6 Å². The summed E-state index contributed by atoms with van der Waals surface area (Å²) in [5.74, 6) is 0.143. The molecule has 0 aromatic heterocycles. The van der Waals surface area contributed by atoms with Crippen molar-refractivity contribution in [2.75, 3.05) is 11.9 Å². The molecule has 0 aliphatic rings. The molecule has 0 atom stereocenters. The van der Waals surface area contributed by atoms with Crippen LogP contribution < -0.4 is 5.73 Å². The zero-order valence-electron chi connectivity index (χ0n) is 4.69. The maximum atomic E-state index is 10.4. The van der Waals surface area contributed by atoms with Gasteiger partial charge in [-0.05, 0) is 6.42 Å². The van der Waals surface area contributed by atoms with E-state index < -0.39 is 0 Å². The third-order valence-corrected chi connectivity index (χ3v) is 1.38. The number of carbonyl (C=O) groups excluding carboxylic acids is 1. The van der Waals surface area contributed by atoms with Gasteiger partial charge in [-0.3, -0.25) is 4.79 Å². The first-order valence-electron chi connectivity index (χ1n) is 2.59. The Bertz CT molecular complexity index is 74.8. The number of Topliss-reactive ketones (excluding diaryl/α,β-unsaturated/α-hetero) is 1. The van der Waals surface area contributed by atoms with E-state index in [0.717, 1.165) is 11.8 Å². The van der Waals surface area contributed by atoms with Gasteiger partial charge in [0.1, 0.15) is 5.78 Å². The highest BCUT2D eigenvalue weighted by atomic mass is 79.9. The summed E-state index contributed by atoms with van der Waals surface area (Å²) in [5, 5.41) is 0.888. The van der Waals surface area contributed by atoms with Crippen molar-refractivity contribution in [1.82, 2.24) is 0 Å². The molecule has 0 aliphatic carbocycles. The lowest BCUT2D eigenvalue weighted by molar-refractivity contribution is -0.117. The maximum Gasteiger partial charge on any atom is 0.146 e. The highest BCUT2D eigenvalue weighted by molar-refractivity contribution is 9.09. The third-order valence-electron chi connectivity index (χ3n) is 0.817. The molecule has 0 aliphatic heterocycles. The molecule has 0 aromatic carbocycles. The predicted molar refractivity (Wildman–Crippen MR) is 37.1 cm³/mol. The van der Waals surface area contributed by atoms with Gasteiger partial charge in [0, 0.05) is 11.8 Å². The lowest BCUT2D eigenvalue weighted by Gasteiger charge is -1.90. The predicted octanol–water partition coefficient (Wildman–Crippen LogP) is 0.689. The van der Waals surface area contributed by atoms with Crippen LogP contribution in [0.3, 0.4) is 0 Å². The summed E-state index contributed by atoms with van der Waals surface area (Å²) in [7, 11) is 0. The number of alkyl halides is 1. The van der Waals surface area contributed by atoms with Crippen LogP contribution in [0, 0.1) is 0 Å². The van der Waals surface area contributed by atoms with Crippen molar-refractivity contribution in [1.29, 1.82) is 0 Å². The minimum absolute atomic E-state index is 0.143. The van der Waals surface area contributed by atoms with Crippen LogP contribution in [0.1, 0.15) is 12.8 Å². The zero-order valence-corrected chi connectivity index (χ0v) is 6.28. The maximum absolute atomic E-state index is 10.4. The highest BCUT2D eigenvalue weighted by Gasteiger charge is 1.94. The standard InChI is InChI=1S/C5H10BrNO/c6-3-1-2-5(8)4-7/h1-4,7H2. The molecule has 0 radical (unpaired) electrons. The normalized spacial score (nSPS) is 9.25. The topological polar surface area (TPSA) is 43.1 Å². The molecule has 0 spiro atoms. The van der Waals surface area contributed by atoms with Crippen molar-refractivity contribution < 1.29 is 4.79 Å². The lowest BCUT2D eigenvalue weighted by Crippen LogP contribution is -2.12. The minimum atomic E-state index is 0.143. The van der Waals surface area contributed by atoms with Crippen molar-refractivity contribution in [3.8, 4) is 0 Å². The van der Waals surface area contributed by atoms with Crippen molar-refractivity contribution in [2.24, 2.45) is 5.73 Å². The van der Waals surface area contributed by atoms with Crippen LogP contribution in [0.5, 0.6) is 0 Å². The van der Waals surface area contributed by atoms with Crippen LogP contribution in [0.25, 0.3) is 0 Å². The van der Waals surface area contributed by atoms with Gasteiger partial charge in [-0.25, -0.2) is 0 Å². The molecular formula is C5H10BrNO. The van der Waals surface area contributed by atoms with Crippen LogP contribution in [-0.4, -0.2) is 17.7 Å². The van der Waals surface area contributed by atoms with E-state index in [1.165, 1.54) is 0 Å². The molecule has 0 fully saturated rings. The molecule has 0 bridgehead atoms. The first kappa shape index (κ1) is 8.11. The van der Waals surface area contributed by atoms with E-state index in [2.05, 4.69) is 15.9 Å². The summed E-state index contributed by atoms with van der Waals surface area (Å²) >= 11 is 3.21. The fraction of sp³-hybridized carbons (Fsp3) is 0.800. The number of halogens is 1. The Morgan fingerprint density at radius 2 is 2.25 bits per heavy atom. The second-order valence-electron chi connectivity index (χ2n) is 1.54. The second kappa shape index (κ2) is 5.25. The molecule has 2 N–H and O–H groups in total. The molecule has 0 heterocycles. The molecular weight excluding hydrogens is 170 g/mol. The Morgan fingerprint density at radius 1 is 1.62 bits per heavy atom. The quantitative estimate of drug-likeness (QED) is 0.646. The van der Waals surface area contributed by atoms with Gasteiger partial charge in [0.2, 0.25) is 0 Å². The summed E-state index contributed by atoms with van der Waals surface area (Å²) in [6, 6.07) is 0. The first-order valence-corrected chi connectivity index (χ1v) is 3.71. The van der Waals surface area contributed by atoms with Crippen LogP contribution in [0.4, 0.5) is 0 Å². The van der Waals surface area contributed by atoms with Gasteiger partial charge in [-0.15, -0.1) is 0 Å². The van der Waals surface area contributed by atoms with Gasteiger partial charge in [0.15, 0.2) is 0 Å². The van der Waals surface area contributed by atoms with Gasteiger partial charge in [0.05, 0.1) is 6.54 Å². The molecule has 0 aromatic rings. The number of rotatable bonds is 4. The van der Waals surface area contributed by atoms with E-state index in [9.17, 15) is 4.79 Å². The van der Waals surface area contributed by atoms with E-state index >= 15 is 0 Å². The first-order chi connectivity index (χ1) is 3.81. The van der Waals surface area contributed by atoms with E-state index in [0.29, 0.717) is 6.42 Å². The number of carbonyl (C=O) groups is 1. The van der Waals surface area contributed by atoms with E-state index in [-0.39, 0.29) is 12.3 Å². The third kappa shape index (κ3) is 4.27. The number of nitrogens with two attached hydrogens (primary N) is 1. The molecule has 3 heteroatoms. The minimum Gasteiger partial charge on any atom is -0.324 e. The fourth-order valence-electron chi connectivity index (χ4n) is 0.366. The SMILES string of the molecule is NCC(=O)CCCBr. The Morgan fingerprint density at radius 3 is 2.62 bits per heavy atom. The molecule has 48 valence electrons. The second-order valence-corrected chi connectivity index (χ2v) is 2.33. The van der Waals surface area contributed by atoms with E-state index in [1.807, 2.05) is 0 Å². The van der Waals surface area contributed by atoms with Crippen LogP contribution >= 0.6 is 15.9 Å². The van der Waals surface area contributed by atoms with Crippen molar-refractivity contribution >= 4 is 21.7 Å². The van der Waals surface area contributed by atoms with Crippen molar-refractivity contribution in [3.05, 3.63) is 0 Å². The zero-order chi connectivity index (χ0) is 6.41. The fourth-order valence-corrected chi connectivity index (χ4v) is 0.646. The molecule has 0 saturated heterocycles. The summed E-state index contributed by atoms with van der Waals surface area (Å²) in [6.45, 7) is 0.187. The van der Waals surface area contributed by atoms with Crippen LogP contribution in [0.2, 0.25) is 0 Å². The summed E-state index contributed by atoms with van der Waals surface area (Å²) in [5.41, 5.74) is 5.05. The van der Waals surface area contributed by atoms with E-state index in [1.54, 1.807) is 0 Å².